The van der Waals surface area contributed by atoms with Crippen LogP contribution in [0.5, 0.6) is 0 Å². The summed E-state index contributed by atoms with van der Waals surface area (Å²) in [6.45, 7) is 4.00. The van der Waals surface area contributed by atoms with E-state index in [-0.39, 0.29) is 0 Å². The average molecular weight is 272 g/mol. The van der Waals surface area contributed by atoms with Crippen molar-refractivity contribution in [2.45, 2.75) is 13.8 Å². The third-order valence-corrected chi connectivity index (χ3v) is 2.12. The van der Waals surface area contributed by atoms with Crippen LogP contribution in [-0.4, -0.2) is 4.98 Å². The summed E-state index contributed by atoms with van der Waals surface area (Å²) < 4.78 is 5.12. The Morgan fingerprint density at radius 3 is 2.60 bits per heavy atom. The molecule has 1 heterocycles. The van der Waals surface area contributed by atoms with E-state index in [1.807, 2.05) is 13.8 Å². The van der Waals surface area contributed by atoms with Gasteiger partial charge in [-0.2, -0.15) is 0 Å². The third-order valence-electron chi connectivity index (χ3n) is 1.62. The van der Waals surface area contributed by atoms with E-state index in [9.17, 15) is 9.59 Å². The van der Waals surface area contributed by atoms with E-state index in [1.54, 1.807) is 18.2 Å². The lowest BCUT2D eigenvalue weighted by atomic mass is 10.2. The van der Waals surface area contributed by atoms with E-state index in [4.69, 9.17) is 0 Å². The summed E-state index contributed by atoms with van der Waals surface area (Å²) >= 11 is 3.21. The van der Waals surface area contributed by atoms with Crippen LogP contribution < -0.4 is 11.4 Å². The molecule has 80 valence electrons. The van der Waals surface area contributed by atoms with Crippen molar-refractivity contribution < 1.29 is 4.42 Å². The van der Waals surface area contributed by atoms with E-state index in [0.717, 1.165) is 4.47 Å². The fourth-order valence-corrected chi connectivity index (χ4v) is 1.43. The summed E-state index contributed by atoms with van der Waals surface area (Å²) in [5.41, 5.74) is -0.149. The molecule has 0 atom stereocenters. The van der Waals surface area contributed by atoms with Crippen molar-refractivity contribution in [2.24, 2.45) is 0 Å². The van der Waals surface area contributed by atoms with Gasteiger partial charge in [-0.3, -0.25) is 4.98 Å². The number of benzene rings is 1. The second kappa shape index (κ2) is 4.93. The Morgan fingerprint density at radius 2 is 1.93 bits per heavy atom. The Hall–Kier alpha value is -1.36. The molecule has 1 N–H and O–H groups in total. The van der Waals surface area contributed by atoms with Crippen molar-refractivity contribution >= 4 is 26.8 Å². The fraction of sp³-hybridized carbons (Fsp3) is 0.200. The molecule has 0 saturated carbocycles. The first-order chi connectivity index (χ1) is 7.16. The maximum Gasteiger partial charge on any atom is 0.419 e. The van der Waals surface area contributed by atoms with Crippen LogP contribution in [0, 0.1) is 0 Å². The summed E-state index contributed by atoms with van der Waals surface area (Å²) in [4.78, 5) is 24.3. The molecule has 5 heteroatoms. The quantitative estimate of drug-likeness (QED) is 0.800. The van der Waals surface area contributed by atoms with Gasteiger partial charge >= 0.3 is 11.4 Å². The lowest BCUT2D eigenvalue weighted by molar-refractivity contribution is 0.460. The largest absolute Gasteiger partial charge is 0.419 e. The molecule has 1 aromatic heterocycles. The first kappa shape index (κ1) is 11.7. The Labute approximate surface area is 94.1 Å². The van der Waals surface area contributed by atoms with Crippen molar-refractivity contribution in [3.8, 4) is 0 Å². The number of hydrogen-bond acceptors (Lipinski definition) is 3. The van der Waals surface area contributed by atoms with Gasteiger partial charge in [-0.05, 0) is 18.2 Å². The fourth-order valence-electron chi connectivity index (χ4n) is 1.07. The molecule has 0 bridgehead atoms. The number of halogens is 1. The Kier molecular flexibility index (Phi) is 3.85. The van der Waals surface area contributed by atoms with Gasteiger partial charge in [0.25, 0.3) is 0 Å². The minimum atomic E-state index is -0.736. The first-order valence-electron chi connectivity index (χ1n) is 4.49. The van der Waals surface area contributed by atoms with Crippen molar-refractivity contribution in [1.29, 1.82) is 0 Å². The summed E-state index contributed by atoms with van der Waals surface area (Å²) in [6, 6.07) is 4.96. The molecule has 0 aliphatic carbocycles. The number of rotatable bonds is 0. The van der Waals surface area contributed by atoms with Gasteiger partial charge in [0.05, 0.1) is 10.9 Å². The Balaban J connectivity index is 0.000000531. The smallest absolute Gasteiger partial charge is 0.372 e. The number of hydrogen-bond donors (Lipinski definition) is 1. The van der Waals surface area contributed by atoms with Crippen LogP contribution in [0.1, 0.15) is 13.8 Å². The second-order valence-corrected chi connectivity index (χ2v) is 3.41. The van der Waals surface area contributed by atoms with Gasteiger partial charge in [0.15, 0.2) is 0 Å². The highest BCUT2D eigenvalue weighted by Crippen LogP contribution is 2.13. The zero-order valence-electron chi connectivity index (χ0n) is 8.33. The Bertz CT molecular complexity index is 571. The Morgan fingerprint density at radius 1 is 1.27 bits per heavy atom. The van der Waals surface area contributed by atoms with Crippen LogP contribution in [0.3, 0.4) is 0 Å². The maximum absolute atomic E-state index is 11.1. The number of nitrogens with one attached hydrogen (secondary N) is 1. The van der Waals surface area contributed by atoms with Crippen molar-refractivity contribution in [2.75, 3.05) is 0 Å². The highest BCUT2D eigenvalue weighted by Gasteiger charge is 2.01. The van der Waals surface area contributed by atoms with Gasteiger partial charge in [0, 0.05) is 4.47 Å². The lowest BCUT2D eigenvalue weighted by Gasteiger charge is -1.94. The van der Waals surface area contributed by atoms with Crippen LogP contribution in [0.25, 0.3) is 10.9 Å². The summed E-state index contributed by atoms with van der Waals surface area (Å²) in [5.74, 6) is -0.736. The number of H-pyrrole nitrogens is 1. The summed E-state index contributed by atoms with van der Waals surface area (Å²) in [6.07, 6.45) is 0. The van der Waals surface area contributed by atoms with Gasteiger partial charge in [-0.15, -0.1) is 0 Å². The molecule has 2 rings (SSSR count). The minimum absolute atomic E-state index is 0.356. The maximum atomic E-state index is 11.1. The monoisotopic (exact) mass is 271 g/mol. The van der Waals surface area contributed by atoms with Crippen LogP contribution in [0.15, 0.2) is 36.7 Å². The molecule has 15 heavy (non-hydrogen) atoms. The van der Waals surface area contributed by atoms with E-state index < -0.39 is 11.4 Å². The molecule has 0 unspecified atom stereocenters. The van der Waals surface area contributed by atoms with Gasteiger partial charge in [-0.1, -0.05) is 29.8 Å². The van der Waals surface area contributed by atoms with Gasteiger partial charge in [0.2, 0.25) is 0 Å². The summed E-state index contributed by atoms with van der Waals surface area (Å²) in [5, 5.41) is 0.356. The van der Waals surface area contributed by atoms with Crippen molar-refractivity contribution in [1.82, 2.24) is 4.98 Å². The SMILES string of the molecule is CC.O=c1[nH]c2ccc(Br)cc2c(=O)o1. The molecule has 0 aliphatic heterocycles. The van der Waals surface area contributed by atoms with Gasteiger partial charge in [0.1, 0.15) is 0 Å². The normalized spacial score (nSPS) is 9.53. The molecular weight excluding hydrogens is 262 g/mol. The molecule has 0 spiro atoms. The molecule has 0 saturated heterocycles. The van der Waals surface area contributed by atoms with Gasteiger partial charge in [-0.25, -0.2) is 9.59 Å². The second-order valence-electron chi connectivity index (χ2n) is 2.49. The standard InChI is InChI=1S/C8H4BrNO3.C2H6/c9-4-1-2-6-5(3-4)7(11)13-8(12)10-6;1-2/h1-3H,(H,10,12);1-2H3. The number of aromatic nitrogens is 1. The molecule has 1 aromatic carbocycles. The highest BCUT2D eigenvalue weighted by molar-refractivity contribution is 9.10. The topological polar surface area (TPSA) is 63.1 Å². The molecular formula is C10H10BrNO3. The molecule has 0 radical (unpaired) electrons. The van der Waals surface area contributed by atoms with Crippen LogP contribution in [-0.2, 0) is 0 Å². The van der Waals surface area contributed by atoms with E-state index in [2.05, 4.69) is 25.3 Å². The van der Waals surface area contributed by atoms with Crippen molar-refractivity contribution in [3.05, 3.63) is 43.6 Å². The molecule has 0 amide bonds. The van der Waals surface area contributed by atoms with Crippen molar-refractivity contribution in [3.63, 3.8) is 0 Å². The zero-order valence-corrected chi connectivity index (χ0v) is 9.92. The average Bonchev–Trinajstić information content (AvgIpc) is 2.22. The summed E-state index contributed by atoms with van der Waals surface area (Å²) in [7, 11) is 0. The molecule has 2 aromatic rings. The van der Waals surface area contributed by atoms with E-state index >= 15 is 0 Å². The van der Waals surface area contributed by atoms with Crippen LogP contribution in [0.2, 0.25) is 0 Å². The zero-order chi connectivity index (χ0) is 11.4. The number of aromatic amines is 1. The van der Waals surface area contributed by atoms with Crippen LogP contribution >= 0.6 is 15.9 Å². The van der Waals surface area contributed by atoms with Gasteiger partial charge < -0.3 is 4.42 Å². The minimum Gasteiger partial charge on any atom is -0.372 e. The van der Waals surface area contributed by atoms with Crippen LogP contribution in [0.4, 0.5) is 0 Å². The van der Waals surface area contributed by atoms with E-state index in [1.165, 1.54) is 0 Å². The first-order valence-corrected chi connectivity index (χ1v) is 5.29. The number of fused-ring (bicyclic) bond motifs is 1. The molecule has 4 nitrogen and oxygen atoms in total. The molecule has 0 aliphatic rings. The van der Waals surface area contributed by atoms with E-state index in [0.29, 0.717) is 10.9 Å². The third kappa shape index (κ3) is 2.56. The predicted octanol–water partition coefficient (Wildman–Crippen LogP) is 2.27. The molecule has 0 fully saturated rings. The highest BCUT2D eigenvalue weighted by atomic mass is 79.9. The predicted molar refractivity (Wildman–Crippen MR) is 62.2 cm³/mol. The lowest BCUT2D eigenvalue weighted by Crippen LogP contribution is -2.14.